The predicted octanol–water partition coefficient (Wildman–Crippen LogP) is 4.92. The predicted molar refractivity (Wildman–Crippen MR) is 79.6 cm³/mol. The number of thioether (sulfide) groups is 1. The molecule has 0 aliphatic carbocycles. The third kappa shape index (κ3) is 3.50. The zero-order valence-electron chi connectivity index (χ0n) is 9.91. The monoisotopic (exact) mass is 325 g/mol. The van der Waals surface area contributed by atoms with Crippen molar-refractivity contribution in [1.82, 2.24) is 0 Å². The number of hydrogen-bond acceptors (Lipinski definition) is 2. The summed E-state index contributed by atoms with van der Waals surface area (Å²) in [5.41, 5.74) is 2.10. The highest BCUT2D eigenvalue weighted by Crippen LogP contribution is 2.22. The van der Waals surface area contributed by atoms with E-state index in [4.69, 9.17) is 0 Å². The maximum atomic E-state index is 13.0. The van der Waals surface area contributed by atoms with E-state index < -0.39 is 0 Å². The quantitative estimate of drug-likeness (QED) is 0.800. The number of nitrogens with one attached hydrogen (secondary N) is 1. The van der Waals surface area contributed by atoms with Crippen LogP contribution in [0.25, 0.3) is 0 Å². The van der Waals surface area contributed by atoms with Gasteiger partial charge in [-0.2, -0.15) is 0 Å². The average molecular weight is 326 g/mol. The molecule has 0 aliphatic rings. The molecule has 2 aromatic carbocycles. The van der Waals surface area contributed by atoms with Crippen molar-refractivity contribution in [2.45, 2.75) is 11.4 Å². The Kier molecular flexibility index (Phi) is 4.66. The van der Waals surface area contributed by atoms with Crippen LogP contribution in [0, 0.1) is 5.82 Å². The summed E-state index contributed by atoms with van der Waals surface area (Å²) in [7, 11) is 0. The Morgan fingerprint density at radius 3 is 2.78 bits per heavy atom. The van der Waals surface area contributed by atoms with Crippen LogP contribution in [0.5, 0.6) is 0 Å². The lowest BCUT2D eigenvalue weighted by Crippen LogP contribution is -2.00. The second kappa shape index (κ2) is 6.25. The summed E-state index contributed by atoms with van der Waals surface area (Å²) in [6.45, 7) is 0.665. The summed E-state index contributed by atoms with van der Waals surface area (Å²) < 4.78 is 13.7. The van der Waals surface area contributed by atoms with Crippen molar-refractivity contribution in [2.75, 3.05) is 11.6 Å². The van der Waals surface area contributed by atoms with E-state index in [-0.39, 0.29) is 5.82 Å². The van der Waals surface area contributed by atoms with Gasteiger partial charge in [-0.1, -0.05) is 28.1 Å². The fraction of sp³-hybridized carbons (Fsp3) is 0.143. The topological polar surface area (TPSA) is 12.0 Å². The van der Waals surface area contributed by atoms with Crippen molar-refractivity contribution in [3.8, 4) is 0 Å². The molecule has 0 aromatic heterocycles. The van der Waals surface area contributed by atoms with E-state index >= 15 is 0 Å². The second-order valence-electron chi connectivity index (χ2n) is 3.82. The van der Waals surface area contributed by atoms with E-state index in [2.05, 4.69) is 39.6 Å². The molecule has 94 valence electrons. The van der Waals surface area contributed by atoms with Crippen molar-refractivity contribution in [1.29, 1.82) is 0 Å². The lowest BCUT2D eigenvalue weighted by Gasteiger charge is -2.09. The van der Waals surface area contributed by atoms with Crippen molar-refractivity contribution < 1.29 is 4.39 Å². The first kappa shape index (κ1) is 13.4. The Morgan fingerprint density at radius 1 is 1.22 bits per heavy atom. The molecular formula is C14H13BrFNS. The van der Waals surface area contributed by atoms with E-state index in [1.54, 1.807) is 17.8 Å². The molecule has 2 aromatic rings. The van der Waals surface area contributed by atoms with Gasteiger partial charge in [0.05, 0.1) is 0 Å². The highest BCUT2D eigenvalue weighted by molar-refractivity contribution is 9.10. The number of anilines is 1. The summed E-state index contributed by atoms with van der Waals surface area (Å²) in [4.78, 5) is 1.22. The molecule has 0 saturated heterocycles. The summed E-state index contributed by atoms with van der Waals surface area (Å²) in [6.07, 6.45) is 2.05. The molecule has 0 fully saturated rings. The second-order valence-corrected chi connectivity index (χ2v) is 5.56. The largest absolute Gasteiger partial charge is 0.381 e. The Morgan fingerprint density at radius 2 is 2.06 bits per heavy atom. The van der Waals surface area contributed by atoms with Crippen LogP contribution >= 0.6 is 27.7 Å². The number of hydrogen-bond donors (Lipinski definition) is 1. The normalized spacial score (nSPS) is 10.4. The van der Waals surface area contributed by atoms with Crippen molar-refractivity contribution >= 4 is 33.4 Å². The van der Waals surface area contributed by atoms with Crippen LogP contribution in [0.1, 0.15) is 5.56 Å². The molecule has 0 spiro atoms. The Bertz CT molecular complexity index is 545. The first-order valence-corrected chi connectivity index (χ1v) is 7.52. The molecule has 1 nitrogen and oxygen atoms in total. The molecule has 0 unspecified atom stereocenters. The highest BCUT2D eigenvalue weighted by atomic mass is 79.9. The van der Waals surface area contributed by atoms with Crippen molar-refractivity contribution in [3.63, 3.8) is 0 Å². The number of benzene rings is 2. The van der Waals surface area contributed by atoms with Gasteiger partial charge in [0.25, 0.3) is 0 Å². The van der Waals surface area contributed by atoms with Gasteiger partial charge in [0.1, 0.15) is 5.82 Å². The molecule has 0 bridgehead atoms. The van der Waals surface area contributed by atoms with Gasteiger partial charge in [-0.15, -0.1) is 11.8 Å². The lowest BCUT2D eigenvalue weighted by molar-refractivity contribution is 0.626. The van der Waals surface area contributed by atoms with Gasteiger partial charge >= 0.3 is 0 Å². The van der Waals surface area contributed by atoms with Gasteiger partial charge in [0, 0.05) is 21.6 Å². The lowest BCUT2D eigenvalue weighted by atomic mass is 10.2. The highest BCUT2D eigenvalue weighted by Gasteiger charge is 2.01. The van der Waals surface area contributed by atoms with E-state index in [0.29, 0.717) is 6.54 Å². The van der Waals surface area contributed by atoms with Crippen LogP contribution in [0.15, 0.2) is 51.8 Å². The molecule has 1 N–H and O–H groups in total. The minimum atomic E-state index is -0.227. The molecule has 0 atom stereocenters. The Labute approximate surface area is 119 Å². The van der Waals surface area contributed by atoms with Crippen LogP contribution in [0.3, 0.4) is 0 Å². The molecule has 2 rings (SSSR count). The Hall–Kier alpha value is -1.00. The van der Waals surface area contributed by atoms with Crippen molar-refractivity contribution in [3.05, 3.63) is 58.3 Å². The zero-order chi connectivity index (χ0) is 13.0. The first-order valence-electron chi connectivity index (χ1n) is 5.51. The third-order valence-electron chi connectivity index (χ3n) is 2.57. The molecule has 4 heteroatoms. The number of rotatable bonds is 4. The molecule has 18 heavy (non-hydrogen) atoms. The smallest absolute Gasteiger partial charge is 0.124 e. The average Bonchev–Trinajstić information content (AvgIpc) is 2.38. The number of halogens is 2. The van der Waals surface area contributed by atoms with Gasteiger partial charge in [0.2, 0.25) is 0 Å². The fourth-order valence-corrected chi connectivity index (χ4v) is 2.55. The van der Waals surface area contributed by atoms with Crippen molar-refractivity contribution in [2.24, 2.45) is 0 Å². The fourth-order valence-electron chi connectivity index (χ4n) is 1.60. The van der Waals surface area contributed by atoms with Crippen LogP contribution in [0.2, 0.25) is 0 Å². The molecule has 0 saturated carbocycles. The summed E-state index contributed by atoms with van der Waals surface area (Å²) in [5.74, 6) is -0.227. The minimum Gasteiger partial charge on any atom is -0.381 e. The minimum absolute atomic E-state index is 0.227. The van der Waals surface area contributed by atoms with Gasteiger partial charge in [-0.25, -0.2) is 4.39 Å². The molecule has 0 radical (unpaired) electrons. The van der Waals surface area contributed by atoms with Crippen LogP contribution in [0.4, 0.5) is 10.1 Å². The maximum Gasteiger partial charge on any atom is 0.124 e. The molecular weight excluding hydrogens is 313 g/mol. The van der Waals surface area contributed by atoms with Gasteiger partial charge in [0.15, 0.2) is 0 Å². The summed E-state index contributed by atoms with van der Waals surface area (Å²) in [6, 6.07) is 13.0. The zero-order valence-corrected chi connectivity index (χ0v) is 12.3. The molecule has 0 amide bonds. The van der Waals surface area contributed by atoms with Crippen LogP contribution in [-0.2, 0) is 6.54 Å². The summed E-state index contributed by atoms with van der Waals surface area (Å²) >= 11 is 5.08. The van der Waals surface area contributed by atoms with Crippen LogP contribution in [-0.4, -0.2) is 6.26 Å². The maximum absolute atomic E-state index is 13.0. The van der Waals surface area contributed by atoms with E-state index in [0.717, 1.165) is 15.7 Å². The van der Waals surface area contributed by atoms with Gasteiger partial charge < -0.3 is 5.32 Å². The third-order valence-corrected chi connectivity index (χ3v) is 4.03. The molecule has 0 aliphatic heterocycles. The van der Waals surface area contributed by atoms with E-state index in [9.17, 15) is 4.39 Å². The van der Waals surface area contributed by atoms with Crippen LogP contribution < -0.4 is 5.32 Å². The SMILES string of the molecule is CSc1cccc(NCc2ccc(F)cc2Br)c1. The van der Waals surface area contributed by atoms with E-state index in [1.807, 2.05) is 12.1 Å². The first-order chi connectivity index (χ1) is 8.69. The standard InChI is InChI=1S/C14H13BrFNS/c1-18-13-4-2-3-12(8-13)17-9-10-5-6-11(16)7-14(10)15/h2-8,17H,9H2,1H3. The van der Waals surface area contributed by atoms with Gasteiger partial charge in [-0.3, -0.25) is 0 Å². The van der Waals surface area contributed by atoms with Gasteiger partial charge in [-0.05, 0) is 42.2 Å². The summed E-state index contributed by atoms with van der Waals surface area (Å²) in [5, 5.41) is 3.33. The van der Waals surface area contributed by atoms with E-state index in [1.165, 1.54) is 17.0 Å². The molecule has 0 heterocycles. The Balaban J connectivity index is 2.06.